The van der Waals surface area contributed by atoms with Crippen LogP contribution >= 0.6 is 24.0 Å². The Morgan fingerprint density at radius 3 is 2.71 bits per heavy atom. The number of hydrogen-bond donors (Lipinski definition) is 2. The molecule has 1 heterocycles. The van der Waals surface area contributed by atoms with E-state index in [1.165, 1.54) is 6.07 Å². The number of rotatable bonds is 6. The number of guanidine groups is 1. The van der Waals surface area contributed by atoms with E-state index < -0.39 is 9.84 Å². The van der Waals surface area contributed by atoms with Crippen molar-refractivity contribution in [3.63, 3.8) is 0 Å². The summed E-state index contributed by atoms with van der Waals surface area (Å²) in [5.74, 6) is 1.04. The van der Waals surface area contributed by atoms with Crippen LogP contribution in [-0.4, -0.2) is 45.5 Å². The van der Waals surface area contributed by atoms with Crippen LogP contribution in [0.2, 0.25) is 0 Å². The molecule has 1 aliphatic rings. The summed E-state index contributed by atoms with van der Waals surface area (Å²) >= 11 is 0. The summed E-state index contributed by atoms with van der Waals surface area (Å²) in [5.41, 5.74) is 0.665. The van der Waals surface area contributed by atoms with Gasteiger partial charge in [-0.25, -0.2) is 12.8 Å². The molecule has 0 bridgehead atoms. The highest BCUT2D eigenvalue weighted by Crippen LogP contribution is 2.18. The second-order valence-electron chi connectivity index (χ2n) is 5.76. The van der Waals surface area contributed by atoms with Gasteiger partial charge in [0.2, 0.25) is 0 Å². The van der Waals surface area contributed by atoms with Crippen molar-refractivity contribution in [3.8, 4) is 0 Å². The topological polar surface area (TPSA) is 70.6 Å². The van der Waals surface area contributed by atoms with Gasteiger partial charge < -0.3 is 10.6 Å². The molecule has 1 aromatic rings. The maximum atomic E-state index is 13.6. The van der Waals surface area contributed by atoms with Gasteiger partial charge in [-0.3, -0.25) is 4.99 Å². The molecule has 24 heavy (non-hydrogen) atoms. The molecule has 1 saturated heterocycles. The van der Waals surface area contributed by atoms with Gasteiger partial charge in [0, 0.05) is 19.6 Å². The second kappa shape index (κ2) is 10.2. The van der Waals surface area contributed by atoms with Crippen molar-refractivity contribution in [2.45, 2.75) is 19.8 Å². The highest BCUT2D eigenvalue weighted by molar-refractivity contribution is 14.0. The summed E-state index contributed by atoms with van der Waals surface area (Å²) in [6, 6.07) is 6.71. The van der Waals surface area contributed by atoms with E-state index >= 15 is 0 Å². The highest BCUT2D eigenvalue weighted by atomic mass is 127. The molecule has 136 valence electrons. The van der Waals surface area contributed by atoms with Crippen LogP contribution in [0.5, 0.6) is 0 Å². The number of nitrogens with zero attached hydrogens (tertiary/aromatic N) is 1. The minimum atomic E-state index is -2.87. The Hall–Kier alpha value is -0.900. The molecule has 5 nitrogen and oxygen atoms in total. The van der Waals surface area contributed by atoms with E-state index in [-0.39, 0.29) is 47.2 Å². The average Bonchev–Trinajstić information content (AvgIpc) is 2.86. The number of aliphatic imine (C=N–C) groups is 1. The van der Waals surface area contributed by atoms with E-state index in [1.807, 2.05) is 13.0 Å². The van der Waals surface area contributed by atoms with Crippen LogP contribution in [0.1, 0.15) is 18.9 Å². The lowest BCUT2D eigenvalue weighted by Crippen LogP contribution is -2.38. The van der Waals surface area contributed by atoms with Gasteiger partial charge in [0.15, 0.2) is 15.8 Å². The van der Waals surface area contributed by atoms with E-state index in [0.717, 1.165) is 0 Å². The fourth-order valence-electron chi connectivity index (χ4n) is 2.59. The zero-order valence-corrected chi connectivity index (χ0v) is 16.9. The highest BCUT2D eigenvalue weighted by Gasteiger charge is 2.27. The zero-order valence-electron chi connectivity index (χ0n) is 13.8. The van der Waals surface area contributed by atoms with E-state index in [4.69, 9.17) is 0 Å². The van der Waals surface area contributed by atoms with Gasteiger partial charge >= 0.3 is 0 Å². The molecule has 8 heteroatoms. The third-order valence-corrected chi connectivity index (χ3v) is 5.66. The van der Waals surface area contributed by atoms with Crippen molar-refractivity contribution in [2.75, 3.05) is 31.1 Å². The number of benzene rings is 1. The maximum Gasteiger partial charge on any atom is 0.191 e. The first-order valence-electron chi connectivity index (χ1n) is 7.96. The molecule has 1 aromatic carbocycles. The molecule has 1 unspecified atom stereocenters. The standard InChI is InChI=1S/C16H24FN3O2S.HI/c1-2-18-16(20-11-13-8-10-23(21,22)12-13)19-9-7-14-5-3-4-6-15(14)17;/h3-6,13H,2,7-12H2,1H3,(H2,18,19,20);1H. The third kappa shape index (κ3) is 6.92. The van der Waals surface area contributed by atoms with Gasteiger partial charge in [-0.1, -0.05) is 18.2 Å². The Bertz CT molecular complexity index is 652. The molecule has 0 aromatic heterocycles. The molecule has 1 aliphatic heterocycles. The second-order valence-corrected chi connectivity index (χ2v) is 7.99. The Balaban J connectivity index is 0.00000288. The summed E-state index contributed by atoms with van der Waals surface area (Å²) in [4.78, 5) is 4.45. The monoisotopic (exact) mass is 469 g/mol. The van der Waals surface area contributed by atoms with Crippen LogP contribution in [0.25, 0.3) is 0 Å². The van der Waals surface area contributed by atoms with Gasteiger partial charge in [-0.15, -0.1) is 24.0 Å². The lowest BCUT2D eigenvalue weighted by Gasteiger charge is -2.12. The molecule has 1 fully saturated rings. The predicted molar refractivity (Wildman–Crippen MR) is 106 cm³/mol. The van der Waals surface area contributed by atoms with E-state index in [1.54, 1.807) is 12.1 Å². The van der Waals surface area contributed by atoms with Crippen LogP contribution in [0.15, 0.2) is 29.3 Å². The first-order valence-corrected chi connectivity index (χ1v) is 9.78. The Morgan fingerprint density at radius 2 is 2.08 bits per heavy atom. The zero-order chi connectivity index (χ0) is 16.7. The summed E-state index contributed by atoms with van der Waals surface area (Å²) < 4.78 is 36.5. The molecule has 0 aliphatic carbocycles. The van der Waals surface area contributed by atoms with E-state index in [0.29, 0.717) is 44.0 Å². The quantitative estimate of drug-likeness (QED) is 0.380. The molecule has 1 atom stereocenters. The lowest BCUT2D eigenvalue weighted by atomic mass is 10.1. The third-order valence-electron chi connectivity index (χ3n) is 3.82. The summed E-state index contributed by atoms with van der Waals surface area (Å²) in [7, 11) is -2.87. The number of hydrogen-bond acceptors (Lipinski definition) is 3. The first kappa shape index (κ1) is 21.1. The van der Waals surface area contributed by atoms with Crippen molar-refractivity contribution in [1.82, 2.24) is 10.6 Å². The molecule has 0 saturated carbocycles. The van der Waals surface area contributed by atoms with Crippen LogP contribution in [0, 0.1) is 11.7 Å². The maximum absolute atomic E-state index is 13.6. The molecule has 0 amide bonds. The minimum Gasteiger partial charge on any atom is -0.357 e. The molecule has 2 rings (SSSR count). The van der Waals surface area contributed by atoms with Crippen LogP contribution < -0.4 is 10.6 Å². The van der Waals surface area contributed by atoms with Crippen LogP contribution in [-0.2, 0) is 16.3 Å². The van der Waals surface area contributed by atoms with Crippen LogP contribution in [0.3, 0.4) is 0 Å². The van der Waals surface area contributed by atoms with Gasteiger partial charge in [0.25, 0.3) is 0 Å². The minimum absolute atomic E-state index is 0. The molecular weight excluding hydrogens is 444 g/mol. The number of sulfone groups is 1. The fourth-order valence-corrected chi connectivity index (χ4v) is 4.44. The van der Waals surface area contributed by atoms with Crippen molar-refractivity contribution >= 4 is 39.8 Å². The summed E-state index contributed by atoms with van der Waals surface area (Å²) in [5, 5.41) is 6.29. The predicted octanol–water partition coefficient (Wildman–Crippen LogP) is 1.98. The van der Waals surface area contributed by atoms with Crippen LogP contribution in [0.4, 0.5) is 4.39 Å². The van der Waals surface area contributed by atoms with Crippen molar-refractivity contribution in [3.05, 3.63) is 35.6 Å². The molecular formula is C16H25FIN3O2S. The largest absolute Gasteiger partial charge is 0.357 e. The Kier molecular flexibility index (Phi) is 8.96. The van der Waals surface area contributed by atoms with Gasteiger partial charge in [-0.2, -0.15) is 0 Å². The summed E-state index contributed by atoms with van der Waals surface area (Å²) in [6.45, 7) is 3.74. The molecule has 2 N–H and O–H groups in total. The Labute approximate surface area is 160 Å². The summed E-state index contributed by atoms with van der Waals surface area (Å²) in [6.07, 6.45) is 1.25. The van der Waals surface area contributed by atoms with Crippen molar-refractivity contribution in [2.24, 2.45) is 10.9 Å². The SMILES string of the molecule is CCNC(=NCC1CCS(=O)(=O)C1)NCCc1ccccc1F.I. The van der Waals surface area contributed by atoms with Gasteiger partial charge in [-0.05, 0) is 37.3 Å². The average molecular weight is 469 g/mol. The molecule has 0 spiro atoms. The number of nitrogens with one attached hydrogen (secondary N) is 2. The first-order chi connectivity index (χ1) is 11.0. The van der Waals surface area contributed by atoms with Crippen molar-refractivity contribution in [1.29, 1.82) is 0 Å². The normalized spacial score (nSPS) is 19.6. The number of halogens is 2. The van der Waals surface area contributed by atoms with Gasteiger partial charge in [0.1, 0.15) is 5.82 Å². The fraction of sp³-hybridized carbons (Fsp3) is 0.562. The Morgan fingerprint density at radius 1 is 1.33 bits per heavy atom. The lowest BCUT2D eigenvalue weighted by molar-refractivity contribution is 0.589. The van der Waals surface area contributed by atoms with E-state index in [2.05, 4.69) is 15.6 Å². The van der Waals surface area contributed by atoms with E-state index in [9.17, 15) is 12.8 Å². The van der Waals surface area contributed by atoms with Crippen molar-refractivity contribution < 1.29 is 12.8 Å². The van der Waals surface area contributed by atoms with Gasteiger partial charge in [0.05, 0.1) is 11.5 Å². The smallest absolute Gasteiger partial charge is 0.191 e. The molecule has 0 radical (unpaired) electrons.